The predicted octanol–water partition coefficient (Wildman–Crippen LogP) is 18.7. The summed E-state index contributed by atoms with van der Waals surface area (Å²) in [6, 6.07) is 51.4. The zero-order valence-corrected chi connectivity index (χ0v) is 61.6. The Labute approximate surface area is 623 Å². The standard InChI is InChI=1S/C33H36Cl2FN3O3.C17H15ClFNO2.C12H7BrClF.C6H6BFO2.C6H3BrClI/c34-28-11-8-25(18-27(28)21-3-6-24(36)7-4-21)39-16-13-23(19-39)33(41)37-30(20-38-14-1-2-15-38)32(40)22-5-12-31(29(35)17-22)42-26-9-10-26;18-16-6-5-14(20-8-7-12(10-20)17(21)22)9-15(16)11-1-3-13(19)4-2-11;13-9-3-6-12(14)11(7-9)8-1-4-10(15)5-2-8;8-6-3-1-5(2-4-6)7(9)10;7-4-1-2-5(8)6(9)3-4/h3-8,11-12,17-18,23,26,30,32,40H,1-2,9-10,13-16,19-20H2,(H,37,41);1-6,9,12H,7-8,10H2,(H,21,22);1-7H;1-4,9-10H;1-3H/t23-,30-,32-;12-;;;/m11.../s1. The second-order valence-electron chi connectivity index (χ2n) is 23.7. The van der Waals surface area contributed by atoms with Gasteiger partial charge in [-0.1, -0.05) is 144 Å². The Kier molecular flexibility index (Phi) is 28.5. The molecule has 0 radical (unpaired) electrons. The first kappa shape index (κ1) is 76.3. The summed E-state index contributed by atoms with van der Waals surface area (Å²) in [6.07, 6.45) is 4.98. The fourth-order valence-corrected chi connectivity index (χ4v) is 13.8. The number of aliphatic hydroxyl groups is 1. The van der Waals surface area contributed by atoms with Crippen molar-refractivity contribution >= 4 is 148 Å². The Bertz CT molecular complexity index is 4160. The van der Waals surface area contributed by atoms with Crippen LogP contribution in [0.15, 0.2) is 197 Å². The normalized spacial score (nSPS) is 16.2. The zero-order chi connectivity index (χ0) is 70.2. The van der Waals surface area contributed by atoms with Crippen molar-refractivity contribution in [3.8, 4) is 39.1 Å². The van der Waals surface area contributed by atoms with Crippen molar-refractivity contribution in [2.45, 2.75) is 56.8 Å². The number of nitrogens with one attached hydrogen (secondary N) is 1. The van der Waals surface area contributed by atoms with Gasteiger partial charge in [-0.05, 0) is 235 Å². The first-order valence-electron chi connectivity index (χ1n) is 31.4. The van der Waals surface area contributed by atoms with E-state index in [0.717, 1.165) is 108 Å². The molecular formula is C74H67BBr2Cl5F4IN4O7. The maximum absolute atomic E-state index is 13.6. The van der Waals surface area contributed by atoms with Crippen molar-refractivity contribution < 1.29 is 52.1 Å². The smallest absolute Gasteiger partial charge is 0.488 e. The molecule has 0 aromatic heterocycles. The molecule has 1 aliphatic carbocycles. The number of hydrogen-bond donors (Lipinski definition) is 5. The second kappa shape index (κ2) is 36.6. The number of carbonyl (C=O) groups excluding carboxylic acids is 1. The molecule has 3 heterocycles. The van der Waals surface area contributed by atoms with Crippen molar-refractivity contribution in [1.29, 1.82) is 0 Å². The number of likely N-dealkylation sites (tertiary alicyclic amines) is 1. The third-order valence-electron chi connectivity index (χ3n) is 16.6. The van der Waals surface area contributed by atoms with E-state index in [4.69, 9.17) is 77.9 Å². The number of hydrogen-bond acceptors (Lipinski definition) is 9. The van der Waals surface area contributed by atoms with Crippen molar-refractivity contribution in [3.05, 3.63) is 255 Å². The molecule has 11 nitrogen and oxygen atoms in total. The van der Waals surface area contributed by atoms with Crippen LogP contribution in [0.5, 0.6) is 5.75 Å². The molecule has 4 fully saturated rings. The predicted molar refractivity (Wildman–Crippen MR) is 402 cm³/mol. The highest BCUT2D eigenvalue weighted by molar-refractivity contribution is 14.1. The van der Waals surface area contributed by atoms with Crippen molar-refractivity contribution in [2.75, 3.05) is 55.6 Å². The van der Waals surface area contributed by atoms with Crippen molar-refractivity contribution in [3.63, 3.8) is 0 Å². The quantitative estimate of drug-likeness (QED) is 0.0291. The average Bonchev–Trinajstić information content (AvgIpc) is 1.33. The van der Waals surface area contributed by atoms with Gasteiger partial charge in [-0.25, -0.2) is 17.6 Å². The number of carbonyl (C=O) groups is 2. The lowest BCUT2D eigenvalue weighted by molar-refractivity contribution is -0.141. The zero-order valence-electron chi connectivity index (χ0n) is 52.4. The van der Waals surface area contributed by atoms with Gasteiger partial charge in [-0.3, -0.25) is 9.59 Å². The molecule has 1 amide bonds. The van der Waals surface area contributed by atoms with Crippen LogP contribution >= 0.6 is 112 Å². The molecule has 3 aliphatic heterocycles. The molecule has 4 atom stereocenters. The molecular weight excluding hydrogens is 1610 g/mol. The molecule has 1 saturated carbocycles. The minimum atomic E-state index is -1.51. The highest BCUT2D eigenvalue weighted by atomic mass is 127. The molecule has 4 aliphatic rings. The van der Waals surface area contributed by atoms with Gasteiger partial charge >= 0.3 is 13.1 Å². The fourth-order valence-electron chi connectivity index (χ4n) is 11.1. The number of nitrogens with zero attached hydrogens (tertiary/aromatic N) is 3. The first-order chi connectivity index (χ1) is 46.9. The largest absolute Gasteiger partial charge is 0.489 e. The van der Waals surface area contributed by atoms with E-state index in [-0.39, 0.29) is 47.1 Å². The van der Waals surface area contributed by atoms with E-state index in [1.54, 1.807) is 48.5 Å². The number of carboxylic acid groups (broad SMARTS) is 1. The van der Waals surface area contributed by atoms with E-state index < -0.39 is 25.2 Å². The fraction of sp³-hybridized carbons (Fsp3) is 0.243. The number of ether oxygens (including phenoxy) is 1. The highest BCUT2D eigenvalue weighted by Crippen LogP contribution is 2.38. The van der Waals surface area contributed by atoms with Crippen LogP contribution in [0.2, 0.25) is 25.1 Å². The summed E-state index contributed by atoms with van der Waals surface area (Å²) in [6.45, 7) is 4.97. The van der Waals surface area contributed by atoms with Crippen LogP contribution < -0.4 is 25.3 Å². The number of carboxylic acids is 1. The third-order valence-corrected chi connectivity index (χ3v) is 20.5. The summed E-state index contributed by atoms with van der Waals surface area (Å²) in [7, 11) is -1.51. The molecule has 98 heavy (non-hydrogen) atoms. The second-order valence-corrected chi connectivity index (χ2v) is 28.8. The number of halogens is 12. The Morgan fingerprint density at radius 3 is 1.42 bits per heavy atom. The maximum atomic E-state index is 13.6. The van der Waals surface area contributed by atoms with Crippen LogP contribution in [0.1, 0.15) is 50.2 Å². The number of amides is 1. The van der Waals surface area contributed by atoms with Gasteiger partial charge in [0, 0.05) is 88.4 Å². The minimum absolute atomic E-state index is 0.0618. The van der Waals surface area contributed by atoms with Gasteiger partial charge in [0.25, 0.3) is 0 Å². The Hall–Kier alpha value is -5.92. The van der Waals surface area contributed by atoms with Gasteiger partial charge in [0.2, 0.25) is 5.91 Å². The summed E-state index contributed by atoms with van der Waals surface area (Å²) in [4.78, 5) is 31.2. The van der Waals surface area contributed by atoms with Gasteiger partial charge in [-0.15, -0.1) is 0 Å². The van der Waals surface area contributed by atoms with E-state index in [0.29, 0.717) is 75.9 Å². The number of rotatable bonds is 15. The van der Waals surface area contributed by atoms with Crippen LogP contribution in [0, 0.1) is 38.7 Å². The van der Waals surface area contributed by atoms with Crippen molar-refractivity contribution in [2.24, 2.45) is 11.8 Å². The molecule has 512 valence electrons. The monoisotopic (exact) mass is 1670 g/mol. The highest BCUT2D eigenvalue weighted by Gasteiger charge is 2.34. The van der Waals surface area contributed by atoms with Crippen LogP contribution in [0.25, 0.3) is 33.4 Å². The topological polar surface area (TPSA) is 146 Å². The number of anilines is 2. The number of benzene rings is 9. The van der Waals surface area contributed by atoms with E-state index >= 15 is 0 Å². The maximum Gasteiger partial charge on any atom is 0.488 e. The molecule has 0 unspecified atom stereocenters. The van der Waals surface area contributed by atoms with Gasteiger partial charge in [0.1, 0.15) is 35.1 Å². The Balaban J connectivity index is 0.000000166. The lowest BCUT2D eigenvalue weighted by Crippen LogP contribution is -2.48. The van der Waals surface area contributed by atoms with Gasteiger partial charge < -0.3 is 45.0 Å². The lowest BCUT2D eigenvalue weighted by atomic mass is 9.80. The van der Waals surface area contributed by atoms with E-state index in [1.807, 2.05) is 83.8 Å². The third kappa shape index (κ3) is 22.3. The first-order valence-corrected chi connectivity index (χ1v) is 35.9. The van der Waals surface area contributed by atoms with Crippen LogP contribution in [0.3, 0.4) is 0 Å². The van der Waals surface area contributed by atoms with Gasteiger partial charge in [0.15, 0.2) is 0 Å². The summed E-state index contributed by atoms with van der Waals surface area (Å²) in [5.41, 5.74) is 7.97. The van der Waals surface area contributed by atoms with Crippen LogP contribution in [0.4, 0.5) is 28.9 Å². The van der Waals surface area contributed by atoms with E-state index in [2.05, 4.69) is 69.6 Å². The molecule has 0 bridgehead atoms. The van der Waals surface area contributed by atoms with Crippen LogP contribution in [-0.2, 0) is 9.59 Å². The molecule has 0 spiro atoms. The van der Waals surface area contributed by atoms with E-state index in [9.17, 15) is 32.3 Å². The van der Waals surface area contributed by atoms with E-state index in [1.165, 1.54) is 60.7 Å². The van der Waals surface area contributed by atoms with Gasteiger partial charge in [-0.2, -0.15) is 0 Å². The summed E-state index contributed by atoms with van der Waals surface area (Å²) in [5, 5.41) is 44.0. The molecule has 9 aromatic rings. The molecule has 9 aromatic carbocycles. The molecule has 24 heteroatoms. The molecule has 13 rings (SSSR count). The van der Waals surface area contributed by atoms with Crippen LogP contribution in [-0.4, -0.2) is 102 Å². The SMILES string of the molecule is Clc1ccc(Br)cc1I.Fc1ccc(-c2cc(Br)ccc2Cl)cc1.O=C(N[C@H](CN1CCCC1)[C@H](O)c1ccc(OC2CC2)c(Cl)c1)[C@@H]1CCN(c2ccc(Cl)c(-c3ccc(F)cc3)c2)C1.O=C(O)[C@@H]1CCN(c2ccc(Cl)c(-c3ccc(F)cc3)c2)C1.OB(O)c1ccc(F)cc1. The minimum Gasteiger partial charge on any atom is -0.489 e. The average molecular weight is 1680 g/mol. The Morgan fingerprint density at radius 1 is 0.541 bits per heavy atom. The number of aliphatic hydroxyl groups excluding tert-OH is 1. The summed E-state index contributed by atoms with van der Waals surface area (Å²) >= 11 is 39.9. The number of aliphatic carboxylic acids is 1. The summed E-state index contributed by atoms with van der Waals surface area (Å²) < 4.78 is 60.4. The Morgan fingerprint density at radius 2 is 0.980 bits per heavy atom. The van der Waals surface area contributed by atoms with Gasteiger partial charge in [0.05, 0.1) is 34.0 Å². The molecule has 5 N–H and O–H groups in total. The summed E-state index contributed by atoms with van der Waals surface area (Å²) in [5.74, 6) is -1.95. The lowest BCUT2D eigenvalue weighted by Gasteiger charge is -2.30. The van der Waals surface area contributed by atoms with Crippen molar-refractivity contribution in [1.82, 2.24) is 10.2 Å². The molecule has 3 saturated heterocycles.